The maximum absolute atomic E-state index is 12.8. The van der Waals surface area contributed by atoms with E-state index in [1.54, 1.807) is 6.92 Å². The number of hydrogen-bond donors (Lipinski definition) is 4. The van der Waals surface area contributed by atoms with E-state index >= 15 is 0 Å². The maximum Gasteiger partial charge on any atom is 0.407 e. The van der Waals surface area contributed by atoms with E-state index in [2.05, 4.69) is 36.7 Å². The lowest BCUT2D eigenvalue weighted by Gasteiger charge is -2.34. The molecule has 1 amide bonds. The van der Waals surface area contributed by atoms with Crippen LogP contribution in [0.15, 0.2) is 0 Å². The largest absolute Gasteiger partial charge is 0.483 e. The summed E-state index contributed by atoms with van der Waals surface area (Å²) in [5, 5.41) is 18.8. The summed E-state index contributed by atoms with van der Waals surface area (Å²) in [6, 6.07) is -0.0963. The number of esters is 1. The number of carboxylic acid groups (broad SMARTS) is 1. The second-order valence-corrected chi connectivity index (χ2v) is 11.8. The van der Waals surface area contributed by atoms with E-state index in [1.165, 1.54) is 14.0 Å². The number of Topliss-reactive ketones (excluding diaryl/α,β-unsaturated/α-hetero) is 1. The molecule has 13 heteroatoms. The molecule has 2 saturated heterocycles. The monoisotopic (exact) mass is 679 g/mol. The Morgan fingerprint density at radius 2 is 1.53 bits per heavy atom. The highest BCUT2D eigenvalue weighted by Crippen LogP contribution is 2.26. The molecule has 13 nitrogen and oxygen atoms in total. The molecule has 47 heavy (non-hydrogen) atoms. The van der Waals surface area contributed by atoms with Crippen LogP contribution < -0.4 is 11.1 Å². The number of hydrogen-bond acceptors (Lipinski definition) is 11. The molecule has 5 N–H and O–H groups in total. The smallest absolute Gasteiger partial charge is 0.407 e. The van der Waals surface area contributed by atoms with Gasteiger partial charge >= 0.3 is 12.1 Å². The quantitative estimate of drug-likeness (QED) is 0.128. The number of nitrogens with one attached hydrogen (secondary N) is 1. The van der Waals surface area contributed by atoms with Crippen LogP contribution in [-0.2, 0) is 33.4 Å². The third-order valence-corrected chi connectivity index (χ3v) is 7.21. The van der Waals surface area contributed by atoms with Crippen molar-refractivity contribution in [1.82, 2.24) is 10.2 Å². The summed E-state index contributed by atoms with van der Waals surface area (Å²) in [5.41, 5.74) is 4.50. The number of aldehydes is 1. The lowest BCUT2D eigenvalue weighted by molar-refractivity contribution is -0.172. The van der Waals surface area contributed by atoms with Crippen LogP contribution in [-0.4, -0.2) is 104 Å². The molecule has 2 rings (SSSR count). The number of nitrogens with zero attached hydrogens (tertiary/aromatic N) is 1. The molecule has 0 aromatic heterocycles. The lowest BCUT2D eigenvalue weighted by Crippen LogP contribution is -2.44. The van der Waals surface area contributed by atoms with Crippen LogP contribution in [0, 0.1) is 29.6 Å². The molecule has 2 heterocycles. The molecule has 0 aromatic carbocycles. The average molecular weight is 680 g/mol. The Kier molecular flexibility index (Phi) is 33.5. The van der Waals surface area contributed by atoms with E-state index in [4.69, 9.17) is 24.1 Å². The predicted molar refractivity (Wildman–Crippen MR) is 185 cm³/mol. The van der Waals surface area contributed by atoms with Gasteiger partial charge in [-0.2, -0.15) is 0 Å². The van der Waals surface area contributed by atoms with E-state index < -0.39 is 42.3 Å². The first kappa shape index (κ1) is 51.2. The summed E-state index contributed by atoms with van der Waals surface area (Å²) in [7, 11) is 5.57. The number of amides is 1. The molecule has 0 aliphatic carbocycles. The minimum Gasteiger partial charge on any atom is -0.483 e. The van der Waals surface area contributed by atoms with Crippen LogP contribution in [0.4, 0.5) is 4.79 Å². The van der Waals surface area contributed by atoms with Crippen molar-refractivity contribution in [2.75, 3.05) is 27.7 Å². The summed E-state index contributed by atoms with van der Waals surface area (Å²) < 4.78 is 15.4. The van der Waals surface area contributed by atoms with Crippen molar-refractivity contribution in [3.63, 3.8) is 0 Å². The van der Waals surface area contributed by atoms with Crippen LogP contribution in [0.3, 0.4) is 0 Å². The predicted octanol–water partition coefficient (Wildman–Crippen LogP) is 4.52. The average Bonchev–Trinajstić information content (AvgIpc) is 3.41. The van der Waals surface area contributed by atoms with Gasteiger partial charge in [0.25, 0.3) is 6.47 Å². The normalized spacial score (nSPS) is 23.5. The fraction of sp³-hybridized carbons (Fsp3) is 0.853. The van der Waals surface area contributed by atoms with Gasteiger partial charge in [0.1, 0.15) is 24.6 Å². The van der Waals surface area contributed by atoms with Gasteiger partial charge < -0.3 is 45.2 Å². The highest BCUT2D eigenvalue weighted by atomic mass is 16.6. The summed E-state index contributed by atoms with van der Waals surface area (Å²) in [5.74, 6) is -1.09. The van der Waals surface area contributed by atoms with Crippen molar-refractivity contribution in [1.29, 1.82) is 0 Å². The number of aliphatic hydroxyl groups is 1. The van der Waals surface area contributed by atoms with E-state index in [0.717, 1.165) is 25.7 Å². The minimum atomic E-state index is -0.880. The Balaban J connectivity index is -0.000000380. The second-order valence-electron chi connectivity index (χ2n) is 11.8. The molecule has 9 atom stereocenters. The second kappa shape index (κ2) is 30.7. The zero-order valence-electron chi connectivity index (χ0n) is 31.6. The van der Waals surface area contributed by atoms with Crippen LogP contribution in [0.25, 0.3) is 0 Å². The molecule has 0 saturated carbocycles. The third-order valence-electron chi connectivity index (χ3n) is 7.21. The van der Waals surface area contributed by atoms with Crippen LogP contribution >= 0.6 is 0 Å². The number of ketones is 1. The van der Waals surface area contributed by atoms with Gasteiger partial charge in [-0.1, -0.05) is 62.3 Å². The Bertz CT molecular complexity index is 818. The van der Waals surface area contributed by atoms with Crippen molar-refractivity contribution in [3.05, 3.63) is 0 Å². The van der Waals surface area contributed by atoms with Crippen LogP contribution in [0.5, 0.6) is 0 Å². The van der Waals surface area contributed by atoms with Gasteiger partial charge in [-0.25, -0.2) is 4.79 Å². The van der Waals surface area contributed by atoms with E-state index in [1.807, 2.05) is 55.6 Å². The zero-order chi connectivity index (χ0) is 37.9. The number of cyclic esters (lactones) is 1. The number of carbonyl (C=O) groups is 5. The first-order valence-corrected chi connectivity index (χ1v) is 16.9. The summed E-state index contributed by atoms with van der Waals surface area (Å²) in [6.07, 6.45) is 2.33. The molecular formula is C34H69N3O10. The SMILES string of the molecule is CC.CC.CC(C)C[C@@H](C)C[C@@H](C)C(=O)C(C)C1NC(=O)OC1COC(=O)C(C)C=O.CC1CC(N(C)C)CC(O)O1.CN.O=CO. The number of rotatable bonds is 12. The first-order chi connectivity index (χ1) is 22.1. The number of ether oxygens (including phenoxy) is 3. The minimum absolute atomic E-state index is 0.0546. The Morgan fingerprint density at radius 1 is 1.02 bits per heavy atom. The molecule has 0 aromatic rings. The van der Waals surface area contributed by atoms with Crippen molar-refractivity contribution in [2.24, 2.45) is 35.3 Å². The summed E-state index contributed by atoms with van der Waals surface area (Å²) in [6.45, 7) is 21.1. The summed E-state index contributed by atoms with van der Waals surface area (Å²) >= 11 is 0. The van der Waals surface area contributed by atoms with Crippen LogP contribution in [0.1, 0.15) is 102 Å². The van der Waals surface area contributed by atoms with Gasteiger partial charge in [0.05, 0.1) is 12.1 Å². The van der Waals surface area contributed by atoms with Gasteiger partial charge in [-0.15, -0.1) is 0 Å². The zero-order valence-corrected chi connectivity index (χ0v) is 31.6. The molecule has 7 unspecified atom stereocenters. The van der Waals surface area contributed by atoms with Gasteiger partial charge in [-0.3, -0.25) is 14.4 Å². The third kappa shape index (κ3) is 23.4. The highest BCUT2D eigenvalue weighted by Gasteiger charge is 2.42. The van der Waals surface area contributed by atoms with E-state index in [9.17, 15) is 24.3 Å². The van der Waals surface area contributed by atoms with E-state index in [-0.39, 0.29) is 30.9 Å². The van der Waals surface area contributed by atoms with Gasteiger partial charge in [-0.05, 0) is 66.1 Å². The topological polar surface area (TPSA) is 195 Å². The molecule has 280 valence electrons. The fourth-order valence-corrected chi connectivity index (χ4v) is 5.17. The van der Waals surface area contributed by atoms with E-state index in [0.29, 0.717) is 24.2 Å². The van der Waals surface area contributed by atoms with Crippen molar-refractivity contribution < 1.29 is 48.4 Å². The Hall–Kier alpha value is -2.61. The number of nitrogens with two attached hydrogens (primary N) is 1. The molecule has 0 bridgehead atoms. The van der Waals surface area contributed by atoms with Gasteiger partial charge in [0, 0.05) is 24.3 Å². The fourth-order valence-electron chi connectivity index (χ4n) is 5.17. The molecule has 0 radical (unpaired) electrons. The Labute approximate surface area is 284 Å². The number of alkyl carbamates (subject to hydrolysis) is 1. The molecule has 2 aliphatic rings. The molecule has 2 aliphatic heterocycles. The van der Waals surface area contributed by atoms with Crippen LogP contribution in [0.2, 0.25) is 0 Å². The maximum atomic E-state index is 12.8. The first-order valence-electron chi connectivity index (χ1n) is 16.9. The molecule has 2 fully saturated rings. The molecule has 0 spiro atoms. The van der Waals surface area contributed by atoms with Crippen molar-refractivity contribution in [2.45, 2.75) is 132 Å². The number of carbonyl (C=O) groups excluding carboxylic acids is 4. The summed E-state index contributed by atoms with van der Waals surface area (Å²) in [4.78, 5) is 57.3. The van der Waals surface area contributed by atoms with Gasteiger partial charge in [0.2, 0.25) is 0 Å². The molecular weight excluding hydrogens is 610 g/mol. The lowest BCUT2D eigenvalue weighted by atomic mass is 9.82. The van der Waals surface area contributed by atoms with Crippen molar-refractivity contribution >= 4 is 30.6 Å². The standard InChI is InChI=1S/C20H33NO6.C8H17NO2.2C2H6.CH5N.CH2O2/c1-11(2)7-12(3)8-13(4)18(23)15(6)17-16(27-20(25)21-17)10-26-19(24)14(5)9-22;1-6-4-7(9(2)3)5-8(10)11-6;3*1-2;2-1-3/h9,11-17H,7-8,10H2,1-6H3,(H,21,25);6-8,10H,4-5H2,1-3H3;2*1-2H3;2H2,1H3;1H,(H,2,3)/t12-,13-,14?,15?,16?,17?;;;;;/m1...../s1. The number of aliphatic hydroxyl groups excluding tert-OH is 1. The highest BCUT2D eigenvalue weighted by molar-refractivity contribution is 5.87. The van der Waals surface area contributed by atoms with Crippen molar-refractivity contribution in [3.8, 4) is 0 Å². The van der Waals surface area contributed by atoms with Gasteiger partial charge in [0.15, 0.2) is 12.4 Å². The Morgan fingerprint density at radius 3 is 1.96 bits per heavy atom.